The highest BCUT2D eigenvalue weighted by Gasteiger charge is 2.08. The maximum atomic E-state index is 5.69. The highest BCUT2D eigenvalue weighted by atomic mass is 127. The number of aromatic nitrogens is 6. The molecule has 0 aliphatic rings. The second kappa shape index (κ2) is 5.36. The van der Waals surface area contributed by atoms with Gasteiger partial charge in [-0.3, -0.25) is 0 Å². The van der Waals surface area contributed by atoms with Crippen molar-refractivity contribution >= 4 is 40.2 Å². The fourth-order valence-corrected chi connectivity index (χ4v) is 2.06. The topological polar surface area (TPSA) is 107 Å². The molecule has 0 unspecified atom stereocenters. The molecule has 0 radical (unpaired) electrons. The lowest BCUT2D eigenvalue weighted by Crippen LogP contribution is -2.09. The van der Waals surface area contributed by atoms with Crippen LogP contribution in [0.1, 0.15) is 0 Å². The summed E-state index contributed by atoms with van der Waals surface area (Å²) in [7, 11) is 0. The van der Waals surface area contributed by atoms with Crippen LogP contribution in [0.25, 0.3) is 5.95 Å². The zero-order chi connectivity index (χ0) is 13.9. The van der Waals surface area contributed by atoms with Crippen LogP contribution < -0.4 is 11.1 Å². The van der Waals surface area contributed by atoms with E-state index in [-0.39, 0.29) is 5.95 Å². The molecule has 2 heterocycles. The Morgan fingerprint density at radius 1 is 1.15 bits per heavy atom. The second-order valence-corrected chi connectivity index (χ2v) is 4.92. The number of hydrogen-bond donors (Lipinski definition) is 2. The number of nitrogens with one attached hydrogen (secondary N) is 1. The molecule has 0 saturated carbocycles. The Hall–Kier alpha value is -2.30. The summed E-state index contributed by atoms with van der Waals surface area (Å²) in [6, 6.07) is 7.78. The van der Waals surface area contributed by atoms with E-state index < -0.39 is 0 Å². The standard InChI is InChI=1S/C11H9IN8/c12-7-3-1-2-4-8(7)16-10-17-9(13)18-11(19-10)20-6-14-5-15-20/h1-6H,(H3,13,16,17,18,19). The van der Waals surface area contributed by atoms with Gasteiger partial charge >= 0.3 is 0 Å². The first-order valence-electron chi connectivity index (χ1n) is 5.60. The highest BCUT2D eigenvalue weighted by molar-refractivity contribution is 14.1. The van der Waals surface area contributed by atoms with E-state index in [1.165, 1.54) is 17.3 Å². The molecule has 0 saturated heterocycles. The Morgan fingerprint density at radius 3 is 2.75 bits per heavy atom. The Balaban J connectivity index is 1.97. The van der Waals surface area contributed by atoms with Crippen molar-refractivity contribution in [3.63, 3.8) is 0 Å². The summed E-state index contributed by atoms with van der Waals surface area (Å²) in [6.45, 7) is 0. The Kier molecular flexibility index (Phi) is 3.41. The number of halogens is 1. The van der Waals surface area contributed by atoms with Gasteiger partial charge in [0.2, 0.25) is 11.9 Å². The van der Waals surface area contributed by atoms with E-state index in [2.05, 4.69) is 52.9 Å². The van der Waals surface area contributed by atoms with Crippen molar-refractivity contribution in [3.8, 4) is 5.95 Å². The smallest absolute Gasteiger partial charge is 0.258 e. The number of rotatable bonds is 3. The minimum absolute atomic E-state index is 0.110. The van der Waals surface area contributed by atoms with E-state index >= 15 is 0 Å². The quantitative estimate of drug-likeness (QED) is 0.661. The summed E-state index contributed by atoms with van der Waals surface area (Å²) in [5.74, 6) is 0.773. The average molecular weight is 380 g/mol. The van der Waals surface area contributed by atoms with Gasteiger partial charge in [-0.15, -0.1) is 0 Å². The Morgan fingerprint density at radius 2 is 2.00 bits per heavy atom. The van der Waals surface area contributed by atoms with E-state index in [1.54, 1.807) is 0 Å². The van der Waals surface area contributed by atoms with Crippen molar-refractivity contribution < 1.29 is 0 Å². The lowest BCUT2D eigenvalue weighted by Gasteiger charge is -2.08. The van der Waals surface area contributed by atoms with Gasteiger partial charge < -0.3 is 11.1 Å². The molecule has 0 fully saturated rings. The maximum Gasteiger partial charge on any atom is 0.258 e. The summed E-state index contributed by atoms with van der Waals surface area (Å²) >= 11 is 2.22. The first-order chi connectivity index (χ1) is 9.72. The minimum atomic E-state index is 0.110. The second-order valence-electron chi connectivity index (χ2n) is 3.76. The molecular formula is C11H9IN8. The molecule has 8 nitrogen and oxygen atoms in total. The van der Waals surface area contributed by atoms with E-state index in [9.17, 15) is 0 Å². The van der Waals surface area contributed by atoms with Crippen LogP contribution in [0.15, 0.2) is 36.9 Å². The van der Waals surface area contributed by atoms with Crippen LogP contribution in [0, 0.1) is 3.57 Å². The third-order valence-corrected chi connectivity index (χ3v) is 3.33. The monoisotopic (exact) mass is 380 g/mol. The molecule has 0 bridgehead atoms. The lowest BCUT2D eigenvalue weighted by atomic mass is 10.3. The van der Waals surface area contributed by atoms with Crippen molar-refractivity contribution in [2.75, 3.05) is 11.1 Å². The molecular weight excluding hydrogens is 371 g/mol. The molecule has 0 atom stereocenters. The van der Waals surface area contributed by atoms with Gasteiger partial charge in [0.05, 0.1) is 5.69 Å². The molecule has 3 N–H and O–H groups in total. The molecule has 2 aromatic heterocycles. The highest BCUT2D eigenvalue weighted by Crippen LogP contribution is 2.20. The SMILES string of the molecule is Nc1nc(Nc2ccccc2I)nc(-n2cncn2)n1. The van der Waals surface area contributed by atoms with Gasteiger partial charge in [0.15, 0.2) is 0 Å². The van der Waals surface area contributed by atoms with E-state index in [0.29, 0.717) is 11.9 Å². The van der Waals surface area contributed by atoms with Crippen LogP contribution in [-0.4, -0.2) is 29.7 Å². The van der Waals surface area contributed by atoms with Crippen molar-refractivity contribution in [2.45, 2.75) is 0 Å². The molecule has 0 aliphatic carbocycles. The predicted octanol–water partition coefficient (Wildman–Crippen LogP) is 1.38. The van der Waals surface area contributed by atoms with Gasteiger partial charge in [-0.2, -0.15) is 24.7 Å². The van der Waals surface area contributed by atoms with Crippen LogP contribution in [-0.2, 0) is 0 Å². The fraction of sp³-hybridized carbons (Fsp3) is 0. The summed E-state index contributed by atoms with van der Waals surface area (Å²) in [6.07, 6.45) is 2.89. The largest absolute Gasteiger partial charge is 0.368 e. The maximum absolute atomic E-state index is 5.69. The molecule has 0 aliphatic heterocycles. The van der Waals surface area contributed by atoms with E-state index in [0.717, 1.165) is 9.26 Å². The van der Waals surface area contributed by atoms with Crippen LogP contribution >= 0.6 is 22.6 Å². The van der Waals surface area contributed by atoms with Gasteiger partial charge in [0.25, 0.3) is 5.95 Å². The molecule has 9 heteroatoms. The first kappa shape index (κ1) is 12.7. The molecule has 3 aromatic rings. The predicted molar refractivity (Wildman–Crippen MR) is 81.6 cm³/mol. The minimum Gasteiger partial charge on any atom is -0.368 e. The molecule has 3 rings (SSSR count). The van der Waals surface area contributed by atoms with Crippen molar-refractivity contribution in [3.05, 3.63) is 40.5 Å². The number of anilines is 3. The van der Waals surface area contributed by atoms with Crippen molar-refractivity contribution in [1.29, 1.82) is 0 Å². The lowest BCUT2D eigenvalue weighted by molar-refractivity contribution is 0.800. The molecule has 0 amide bonds. The van der Waals surface area contributed by atoms with Gasteiger partial charge in [-0.05, 0) is 34.7 Å². The summed E-state index contributed by atoms with van der Waals surface area (Å²) in [4.78, 5) is 16.2. The molecule has 100 valence electrons. The van der Waals surface area contributed by atoms with Crippen LogP contribution in [0.4, 0.5) is 17.6 Å². The van der Waals surface area contributed by atoms with Gasteiger partial charge in [0.1, 0.15) is 12.7 Å². The average Bonchev–Trinajstić information content (AvgIpc) is 2.95. The normalized spacial score (nSPS) is 10.4. The van der Waals surface area contributed by atoms with Crippen molar-refractivity contribution in [2.24, 2.45) is 0 Å². The van der Waals surface area contributed by atoms with Crippen LogP contribution in [0.2, 0.25) is 0 Å². The zero-order valence-electron chi connectivity index (χ0n) is 10.1. The number of benzene rings is 1. The van der Waals surface area contributed by atoms with Crippen LogP contribution in [0.3, 0.4) is 0 Å². The molecule has 1 aromatic carbocycles. The summed E-state index contributed by atoms with van der Waals surface area (Å²) in [5.41, 5.74) is 6.58. The number of nitrogens with two attached hydrogens (primary N) is 1. The zero-order valence-corrected chi connectivity index (χ0v) is 12.3. The molecule has 0 spiro atoms. The summed E-state index contributed by atoms with van der Waals surface area (Å²) < 4.78 is 2.46. The summed E-state index contributed by atoms with van der Waals surface area (Å²) in [5, 5.41) is 7.07. The fourth-order valence-electron chi connectivity index (χ4n) is 1.53. The number of hydrogen-bond acceptors (Lipinski definition) is 7. The first-order valence-corrected chi connectivity index (χ1v) is 6.68. The Bertz CT molecular complexity index is 727. The van der Waals surface area contributed by atoms with E-state index in [4.69, 9.17) is 5.73 Å². The van der Waals surface area contributed by atoms with Gasteiger partial charge in [0, 0.05) is 3.57 Å². The van der Waals surface area contributed by atoms with Gasteiger partial charge in [-0.1, -0.05) is 12.1 Å². The van der Waals surface area contributed by atoms with Crippen LogP contribution in [0.5, 0.6) is 0 Å². The third kappa shape index (κ3) is 2.66. The number of nitrogen functional groups attached to an aromatic ring is 1. The van der Waals surface area contributed by atoms with E-state index in [1.807, 2.05) is 24.3 Å². The number of nitrogens with zero attached hydrogens (tertiary/aromatic N) is 6. The number of para-hydroxylation sites is 1. The van der Waals surface area contributed by atoms with Crippen molar-refractivity contribution in [1.82, 2.24) is 29.7 Å². The molecule has 20 heavy (non-hydrogen) atoms. The third-order valence-electron chi connectivity index (χ3n) is 2.38. The Labute approximate surface area is 127 Å². The van der Waals surface area contributed by atoms with Gasteiger partial charge in [-0.25, -0.2) is 4.98 Å².